The summed E-state index contributed by atoms with van der Waals surface area (Å²) in [6.45, 7) is -0.378. The third kappa shape index (κ3) is 5.26. The Balaban J connectivity index is 2.04. The Hall–Kier alpha value is -2.98. The number of hydrogen-bond donors (Lipinski definition) is 1. The zero-order chi connectivity index (χ0) is 18.4. The van der Waals surface area contributed by atoms with Crippen LogP contribution in [0.15, 0.2) is 53.4 Å². The highest BCUT2D eigenvalue weighted by Crippen LogP contribution is 2.14. The minimum atomic E-state index is -3.84. The molecular formula is C15H14N2O7S. The molecule has 0 fully saturated rings. The van der Waals surface area contributed by atoms with Crippen LogP contribution in [0.2, 0.25) is 0 Å². The van der Waals surface area contributed by atoms with Gasteiger partial charge in [0.25, 0.3) is 5.09 Å². The molecule has 25 heavy (non-hydrogen) atoms. The second-order valence-electron chi connectivity index (χ2n) is 4.91. The van der Waals surface area contributed by atoms with Gasteiger partial charge in [-0.25, -0.2) is 18.4 Å². The number of nitrogens with zero attached hydrogens (tertiary/aromatic N) is 1. The van der Waals surface area contributed by atoms with E-state index in [1.165, 1.54) is 24.3 Å². The van der Waals surface area contributed by atoms with Crippen LogP contribution in [0.5, 0.6) is 0 Å². The molecule has 0 aliphatic heterocycles. The van der Waals surface area contributed by atoms with Gasteiger partial charge in [0, 0.05) is 0 Å². The van der Waals surface area contributed by atoms with Crippen molar-refractivity contribution in [3.05, 3.63) is 75.3 Å². The highest BCUT2D eigenvalue weighted by Gasteiger charge is 2.12. The Morgan fingerprint density at radius 1 is 1.04 bits per heavy atom. The van der Waals surface area contributed by atoms with Crippen molar-refractivity contribution in [3.63, 3.8) is 0 Å². The van der Waals surface area contributed by atoms with Crippen LogP contribution in [-0.4, -0.2) is 19.5 Å². The van der Waals surface area contributed by atoms with Crippen molar-refractivity contribution < 1.29 is 27.9 Å². The maximum absolute atomic E-state index is 12.0. The number of sulfonamides is 1. The maximum Gasteiger partial charge on any atom is 0.338 e. The Labute approximate surface area is 143 Å². The number of carbonyl (C=O) groups is 1. The molecule has 2 aromatic rings. The van der Waals surface area contributed by atoms with E-state index in [4.69, 9.17) is 9.88 Å². The molecule has 0 aromatic heterocycles. The molecule has 9 nitrogen and oxygen atoms in total. The summed E-state index contributed by atoms with van der Waals surface area (Å²) in [5.74, 6) is -0.675. The van der Waals surface area contributed by atoms with Gasteiger partial charge in [-0.05, 0) is 35.4 Å². The first-order chi connectivity index (χ1) is 11.8. The third-order valence-corrected chi connectivity index (χ3v) is 4.15. The molecule has 0 unspecified atom stereocenters. The maximum atomic E-state index is 12.0. The number of esters is 1. The molecule has 0 bridgehead atoms. The molecule has 0 aliphatic carbocycles. The zero-order valence-electron chi connectivity index (χ0n) is 12.8. The number of hydrogen-bond acceptors (Lipinski definition) is 7. The predicted molar refractivity (Wildman–Crippen MR) is 85.2 cm³/mol. The lowest BCUT2D eigenvalue weighted by Gasteiger charge is -2.10. The molecule has 0 spiro atoms. The van der Waals surface area contributed by atoms with Crippen molar-refractivity contribution in [3.8, 4) is 0 Å². The number of benzene rings is 2. The molecule has 0 amide bonds. The van der Waals surface area contributed by atoms with Gasteiger partial charge >= 0.3 is 5.97 Å². The van der Waals surface area contributed by atoms with Crippen LogP contribution in [0, 0.1) is 10.1 Å². The molecule has 10 heteroatoms. The summed E-state index contributed by atoms with van der Waals surface area (Å²) in [5, 5.41) is 14.4. The molecule has 2 N–H and O–H groups in total. The van der Waals surface area contributed by atoms with E-state index in [2.05, 4.69) is 4.84 Å². The highest BCUT2D eigenvalue weighted by atomic mass is 32.2. The SMILES string of the molecule is NS(=O)(=O)c1ccc(C(=O)OCc2ccccc2CO[N+](=O)[O-])cc1. The molecule has 0 saturated carbocycles. The summed E-state index contributed by atoms with van der Waals surface area (Å²) in [6, 6.07) is 11.6. The summed E-state index contributed by atoms with van der Waals surface area (Å²) in [4.78, 5) is 26.5. The van der Waals surface area contributed by atoms with Gasteiger partial charge in [-0.3, -0.25) is 0 Å². The number of nitrogens with two attached hydrogens (primary N) is 1. The predicted octanol–water partition coefficient (Wildman–Crippen LogP) is 1.40. The first-order valence-corrected chi connectivity index (χ1v) is 8.46. The normalized spacial score (nSPS) is 10.9. The fourth-order valence-corrected chi connectivity index (χ4v) is 2.48. The van der Waals surface area contributed by atoms with Gasteiger partial charge in [-0.1, -0.05) is 24.3 Å². The quantitative estimate of drug-likeness (QED) is 0.444. The number of carbonyl (C=O) groups excluding carboxylic acids is 1. The van der Waals surface area contributed by atoms with E-state index in [0.29, 0.717) is 11.1 Å². The fourth-order valence-electron chi connectivity index (χ4n) is 1.97. The van der Waals surface area contributed by atoms with Crippen molar-refractivity contribution in [2.24, 2.45) is 5.14 Å². The lowest BCUT2D eigenvalue weighted by molar-refractivity contribution is -0.763. The minimum Gasteiger partial charge on any atom is -0.457 e. The van der Waals surface area contributed by atoms with Gasteiger partial charge in [0.2, 0.25) is 10.0 Å². The van der Waals surface area contributed by atoms with E-state index >= 15 is 0 Å². The largest absolute Gasteiger partial charge is 0.457 e. The average Bonchev–Trinajstić information content (AvgIpc) is 2.57. The van der Waals surface area contributed by atoms with Crippen LogP contribution in [0.25, 0.3) is 0 Å². The Morgan fingerprint density at radius 3 is 2.12 bits per heavy atom. The van der Waals surface area contributed by atoms with E-state index in [1.807, 2.05) is 0 Å². The first kappa shape index (κ1) is 18.4. The summed E-state index contributed by atoms with van der Waals surface area (Å²) >= 11 is 0. The highest BCUT2D eigenvalue weighted by molar-refractivity contribution is 7.89. The minimum absolute atomic E-state index is 0.118. The number of rotatable bonds is 7. The van der Waals surface area contributed by atoms with Gasteiger partial charge in [0.1, 0.15) is 13.2 Å². The molecule has 2 aromatic carbocycles. The molecule has 0 aliphatic rings. The standard InChI is InChI=1S/C15H14N2O7S/c16-25(21,22)14-7-5-11(6-8-14)15(18)23-9-12-3-1-2-4-13(12)10-24-17(19)20/h1-8H,9-10H2,(H2,16,21,22). The van der Waals surface area contributed by atoms with Gasteiger partial charge in [-0.2, -0.15) is 0 Å². The number of primary sulfonamides is 1. The summed E-state index contributed by atoms with van der Waals surface area (Å²) < 4.78 is 27.5. The van der Waals surface area contributed by atoms with Crippen LogP contribution < -0.4 is 5.14 Å². The van der Waals surface area contributed by atoms with E-state index in [-0.39, 0.29) is 23.7 Å². The van der Waals surface area contributed by atoms with Crippen LogP contribution in [0.3, 0.4) is 0 Å². The van der Waals surface area contributed by atoms with Crippen LogP contribution >= 0.6 is 0 Å². The second kappa shape index (κ2) is 7.73. The van der Waals surface area contributed by atoms with E-state index in [1.54, 1.807) is 24.3 Å². The van der Waals surface area contributed by atoms with E-state index in [0.717, 1.165) is 0 Å². The van der Waals surface area contributed by atoms with Crippen molar-refractivity contribution >= 4 is 16.0 Å². The smallest absolute Gasteiger partial charge is 0.338 e. The monoisotopic (exact) mass is 366 g/mol. The molecule has 0 saturated heterocycles. The lowest BCUT2D eigenvalue weighted by atomic mass is 10.1. The molecule has 2 rings (SSSR count). The van der Waals surface area contributed by atoms with E-state index < -0.39 is 21.1 Å². The van der Waals surface area contributed by atoms with Crippen molar-refractivity contribution in [1.29, 1.82) is 0 Å². The molecule has 0 radical (unpaired) electrons. The first-order valence-electron chi connectivity index (χ1n) is 6.91. The topological polar surface area (TPSA) is 139 Å². The van der Waals surface area contributed by atoms with Crippen LogP contribution in [-0.2, 0) is 32.8 Å². The Morgan fingerprint density at radius 2 is 1.60 bits per heavy atom. The average molecular weight is 366 g/mol. The molecular weight excluding hydrogens is 352 g/mol. The lowest BCUT2D eigenvalue weighted by Crippen LogP contribution is -2.13. The van der Waals surface area contributed by atoms with Gasteiger partial charge < -0.3 is 9.57 Å². The zero-order valence-corrected chi connectivity index (χ0v) is 13.6. The summed E-state index contributed by atoms with van der Waals surface area (Å²) in [6.07, 6.45) is 0. The molecule has 0 atom stereocenters. The van der Waals surface area contributed by atoms with Gasteiger partial charge in [0.05, 0.1) is 10.5 Å². The van der Waals surface area contributed by atoms with Crippen molar-refractivity contribution in [2.45, 2.75) is 18.1 Å². The third-order valence-electron chi connectivity index (χ3n) is 3.22. The molecule has 0 heterocycles. The van der Waals surface area contributed by atoms with Gasteiger partial charge in [0.15, 0.2) is 0 Å². The summed E-state index contributed by atoms with van der Waals surface area (Å²) in [5.41, 5.74) is 1.21. The van der Waals surface area contributed by atoms with Crippen molar-refractivity contribution in [2.75, 3.05) is 0 Å². The second-order valence-corrected chi connectivity index (χ2v) is 6.47. The van der Waals surface area contributed by atoms with E-state index in [9.17, 15) is 23.3 Å². The fraction of sp³-hybridized carbons (Fsp3) is 0.133. The van der Waals surface area contributed by atoms with Crippen LogP contribution in [0.1, 0.15) is 21.5 Å². The number of ether oxygens (including phenoxy) is 1. The van der Waals surface area contributed by atoms with Crippen molar-refractivity contribution in [1.82, 2.24) is 0 Å². The van der Waals surface area contributed by atoms with Gasteiger partial charge in [-0.15, -0.1) is 10.1 Å². The Bertz CT molecular complexity index is 879. The summed E-state index contributed by atoms with van der Waals surface area (Å²) in [7, 11) is -3.84. The molecule has 132 valence electrons. The Kier molecular flexibility index (Phi) is 5.67. The van der Waals surface area contributed by atoms with Crippen LogP contribution in [0.4, 0.5) is 0 Å².